The van der Waals surface area contributed by atoms with Crippen molar-refractivity contribution in [1.82, 2.24) is 10.6 Å². The van der Waals surface area contributed by atoms with Crippen molar-refractivity contribution in [2.24, 2.45) is 5.92 Å². The molecule has 0 bridgehead atoms. The monoisotopic (exact) mass is 320 g/mol. The topological polar surface area (TPSA) is 50.4 Å². The van der Waals surface area contributed by atoms with Crippen LogP contribution >= 0.6 is 12.4 Å². The SMILES string of the molecule is Cl.O=C(NCCC1CCNC1)c1cccc(OC(F)F)c1. The van der Waals surface area contributed by atoms with Crippen LogP contribution in [0.1, 0.15) is 23.2 Å². The highest BCUT2D eigenvalue weighted by Gasteiger charge is 2.14. The smallest absolute Gasteiger partial charge is 0.387 e. The first-order valence-electron chi connectivity index (χ1n) is 6.69. The highest BCUT2D eigenvalue weighted by Crippen LogP contribution is 2.16. The standard InChI is InChI=1S/C14H18F2N2O2.ClH/c15-14(16)20-12-3-1-2-11(8-12)13(19)18-7-5-10-4-6-17-9-10;/h1-3,8,10,14,17H,4-7,9H2,(H,18,19);1H. The van der Waals surface area contributed by atoms with Gasteiger partial charge in [0.1, 0.15) is 5.75 Å². The van der Waals surface area contributed by atoms with Crippen LogP contribution in [-0.2, 0) is 0 Å². The summed E-state index contributed by atoms with van der Waals surface area (Å²) < 4.78 is 28.5. The van der Waals surface area contributed by atoms with Crippen molar-refractivity contribution in [2.75, 3.05) is 19.6 Å². The third kappa shape index (κ3) is 5.85. The summed E-state index contributed by atoms with van der Waals surface area (Å²) in [6.07, 6.45) is 2.06. The zero-order valence-corrected chi connectivity index (χ0v) is 12.3. The summed E-state index contributed by atoms with van der Waals surface area (Å²) in [4.78, 5) is 11.9. The van der Waals surface area contributed by atoms with Gasteiger partial charge in [0.25, 0.3) is 5.91 Å². The molecule has 1 unspecified atom stereocenters. The third-order valence-corrected chi connectivity index (χ3v) is 3.32. The zero-order chi connectivity index (χ0) is 14.4. The molecule has 1 atom stereocenters. The Hall–Kier alpha value is -1.40. The first kappa shape index (κ1) is 17.7. The van der Waals surface area contributed by atoms with Crippen LogP contribution in [0.15, 0.2) is 24.3 Å². The summed E-state index contributed by atoms with van der Waals surface area (Å²) in [5.74, 6) is 0.326. The maximum Gasteiger partial charge on any atom is 0.387 e. The molecule has 0 saturated carbocycles. The fraction of sp³-hybridized carbons (Fsp3) is 0.500. The molecule has 1 heterocycles. The Morgan fingerprint density at radius 3 is 2.95 bits per heavy atom. The van der Waals surface area contributed by atoms with Gasteiger partial charge >= 0.3 is 6.61 Å². The molecule has 1 aliphatic heterocycles. The summed E-state index contributed by atoms with van der Waals surface area (Å²) in [5.41, 5.74) is 0.327. The Labute approximate surface area is 128 Å². The number of benzene rings is 1. The molecular weight excluding hydrogens is 302 g/mol. The zero-order valence-electron chi connectivity index (χ0n) is 11.5. The highest BCUT2D eigenvalue weighted by atomic mass is 35.5. The maximum atomic E-state index is 12.1. The van der Waals surface area contributed by atoms with E-state index in [1.165, 1.54) is 18.2 Å². The molecule has 1 aromatic rings. The second-order valence-corrected chi connectivity index (χ2v) is 4.81. The molecule has 1 aliphatic rings. The highest BCUT2D eigenvalue weighted by molar-refractivity contribution is 5.94. The Bertz CT molecular complexity index is 454. The van der Waals surface area contributed by atoms with Gasteiger partial charge in [-0.25, -0.2) is 0 Å². The van der Waals surface area contributed by atoms with E-state index in [4.69, 9.17) is 0 Å². The summed E-state index contributed by atoms with van der Waals surface area (Å²) >= 11 is 0. The first-order valence-corrected chi connectivity index (χ1v) is 6.69. The predicted molar refractivity (Wildman–Crippen MR) is 78.2 cm³/mol. The van der Waals surface area contributed by atoms with Crippen LogP contribution in [0.4, 0.5) is 8.78 Å². The maximum absolute atomic E-state index is 12.1. The van der Waals surface area contributed by atoms with E-state index in [9.17, 15) is 13.6 Å². The molecule has 1 fully saturated rings. The van der Waals surface area contributed by atoms with E-state index in [1.807, 2.05) is 0 Å². The van der Waals surface area contributed by atoms with Crippen molar-refractivity contribution in [3.05, 3.63) is 29.8 Å². The fourth-order valence-electron chi connectivity index (χ4n) is 2.27. The molecule has 2 N–H and O–H groups in total. The Balaban J connectivity index is 0.00000220. The molecule has 1 aromatic carbocycles. The van der Waals surface area contributed by atoms with E-state index in [0.717, 1.165) is 25.9 Å². The molecule has 1 saturated heterocycles. The van der Waals surface area contributed by atoms with E-state index >= 15 is 0 Å². The molecule has 118 valence electrons. The number of halogens is 3. The average Bonchev–Trinajstić information content (AvgIpc) is 2.91. The van der Waals surface area contributed by atoms with Gasteiger partial charge in [0.2, 0.25) is 0 Å². The Kier molecular flexibility index (Phi) is 7.39. The normalized spacial score (nSPS) is 17.4. The summed E-state index contributed by atoms with van der Waals surface area (Å²) in [6.45, 7) is -0.271. The molecule has 7 heteroatoms. The van der Waals surface area contributed by atoms with E-state index in [1.54, 1.807) is 6.07 Å². The van der Waals surface area contributed by atoms with Crippen LogP contribution in [0, 0.1) is 5.92 Å². The summed E-state index contributed by atoms with van der Waals surface area (Å²) in [5, 5.41) is 6.06. The van der Waals surface area contributed by atoms with Gasteiger partial charge in [-0.1, -0.05) is 6.07 Å². The van der Waals surface area contributed by atoms with E-state index in [2.05, 4.69) is 15.4 Å². The van der Waals surface area contributed by atoms with Crippen LogP contribution in [0.25, 0.3) is 0 Å². The summed E-state index contributed by atoms with van der Waals surface area (Å²) in [6, 6.07) is 5.81. The Morgan fingerprint density at radius 2 is 2.29 bits per heavy atom. The molecule has 4 nitrogen and oxygen atoms in total. The van der Waals surface area contributed by atoms with Crippen molar-refractivity contribution in [1.29, 1.82) is 0 Å². The molecule has 21 heavy (non-hydrogen) atoms. The minimum atomic E-state index is -2.89. The fourth-order valence-corrected chi connectivity index (χ4v) is 2.27. The molecule has 1 amide bonds. The number of rotatable bonds is 6. The van der Waals surface area contributed by atoms with Crippen molar-refractivity contribution in [2.45, 2.75) is 19.5 Å². The molecule has 0 aromatic heterocycles. The van der Waals surface area contributed by atoms with Crippen molar-refractivity contribution in [3.63, 3.8) is 0 Å². The number of hydrogen-bond donors (Lipinski definition) is 2. The largest absolute Gasteiger partial charge is 0.435 e. The van der Waals surface area contributed by atoms with Crippen molar-refractivity contribution >= 4 is 18.3 Å². The number of hydrogen-bond acceptors (Lipinski definition) is 3. The van der Waals surface area contributed by atoms with Crippen molar-refractivity contribution in [3.8, 4) is 5.75 Å². The van der Waals surface area contributed by atoms with Gasteiger partial charge in [-0.15, -0.1) is 12.4 Å². The van der Waals surface area contributed by atoms with E-state index < -0.39 is 6.61 Å². The number of carbonyl (C=O) groups is 1. The molecular formula is C14H19ClF2N2O2. The Morgan fingerprint density at radius 1 is 1.48 bits per heavy atom. The van der Waals surface area contributed by atoms with E-state index in [0.29, 0.717) is 18.0 Å². The van der Waals surface area contributed by atoms with Crippen LogP contribution in [0.5, 0.6) is 5.75 Å². The van der Waals surface area contributed by atoms with Crippen LogP contribution in [0.2, 0.25) is 0 Å². The number of carbonyl (C=O) groups excluding carboxylic acids is 1. The van der Waals surface area contributed by atoms with Gasteiger partial charge in [0.05, 0.1) is 0 Å². The number of alkyl halides is 2. The van der Waals surface area contributed by atoms with Crippen molar-refractivity contribution < 1.29 is 18.3 Å². The average molecular weight is 321 g/mol. The number of amides is 1. The lowest BCUT2D eigenvalue weighted by molar-refractivity contribution is -0.0498. The molecule has 2 rings (SSSR count). The van der Waals surface area contributed by atoms with Crippen LogP contribution < -0.4 is 15.4 Å². The lowest BCUT2D eigenvalue weighted by Crippen LogP contribution is -2.26. The molecule has 0 spiro atoms. The summed E-state index contributed by atoms with van der Waals surface area (Å²) in [7, 11) is 0. The van der Waals surface area contributed by atoms with Crippen LogP contribution in [0.3, 0.4) is 0 Å². The quantitative estimate of drug-likeness (QED) is 0.846. The minimum absolute atomic E-state index is 0. The van der Waals surface area contributed by atoms with Gasteiger partial charge in [-0.3, -0.25) is 4.79 Å². The molecule has 0 aliphatic carbocycles. The van der Waals surface area contributed by atoms with Crippen LogP contribution in [-0.4, -0.2) is 32.2 Å². The van der Waals surface area contributed by atoms with Gasteiger partial charge in [-0.2, -0.15) is 8.78 Å². The van der Waals surface area contributed by atoms with Gasteiger partial charge in [0.15, 0.2) is 0 Å². The van der Waals surface area contributed by atoms with E-state index in [-0.39, 0.29) is 24.1 Å². The minimum Gasteiger partial charge on any atom is -0.435 e. The second kappa shape index (κ2) is 8.79. The predicted octanol–water partition coefficient (Wildman–Crippen LogP) is 2.44. The van der Waals surface area contributed by atoms with Gasteiger partial charge < -0.3 is 15.4 Å². The first-order chi connectivity index (χ1) is 9.65. The lowest BCUT2D eigenvalue weighted by Gasteiger charge is -2.10. The number of ether oxygens (including phenoxy) is 1. The lowest BCUT2D eigenvalue weighted by atomic mass is 10.1. The third-order valence-electron chi connectivity index (χ3n) is 3.32. The molecule has 0 radical (unpaired) electrons. The number of nitrogens with one attached hydrogen (secondary N) is 2. The van der Waals surface area contributed by atoms with Gasteiger partial charge in [-0.05, 0) is 50.0 Å². The second-order valence-electron chi connectivity index (χ2n) is 4.81. The van der Waals surface area contributed by atoms with Gasteiger partial charge in [0, 0.05) is 12.1 Å².